The summed E-state index contributed by atoms with van der Waals surface area (Å²) in [4.78, 5) is 58.9. The van der Waals surface area contributed by atoms with E-state index in [1.807, 2.05) is 72.2 Å². The Morgan fingerprint density at radius 1 is 0.306 bits per heavy atom. The molecule has 0 atom stereocenters. The van der Waals surface area contributed by atoms with Crippen molar-refractivity contribution in [3.05, 3.63) is 259 Å². The maximum Gasteiger partial charge on any atom is 0.307 e. The molecule has 4 aliphatic carbocycles. The van der Waals surface area contributed by atoms with E-state index in [1.165, 1.54) is 234 Å². The van der Waals surface area contributed by atoms with Gasteiger partial charge in [-0.3, -0.25) is 19.2 Å². The summed E-state index contributed by atoms with van der Waals surface area (Å²) >= 11 is 0. The molecule has 0 unspecified atom stereocenters. The third kappa shape index (κ3) is 72.3. The van der Waals surface area contributed by atoms with E-state index in [-0.39, 0.29) is 82.7 Å². The molecule has 0 saturated carbocycles. The molecule has 144 heavy (non-hydrogen) atoms. The number of esters is 4. The average Bonchev–Trinajstić information content (AvgIpc) is 0.834. The predicted octanol–water partition coefficient (Wildman–Crippen LogP) is 35.4. The first-order chi connectivity index (χ1) is 66.0. The highest BCUT2D eigenvalue weighted by molar-refractivity contribution is 5.71. The Bertz CT molecular complexity index is 4310. The van der Waals surface area contributed by atoms with Crippen molar-refractivity contribution in [3.8, 4) is 0 Å². The van der Waals surface area contributed by atoms with Gasteiger partial charge in [0.1, 0.15) is 26.4 Å². The lowest BCUT2D eigenvalue weighted by molar-refractivity contribution is -0.143. The minimum Gasteiger partial charge on any atom is -0.461 e. The van der Waals surface area contributed by atoms with Gasteiger partial charge in [-0.05, 0) is 362 Å². The van der Waals surface area contributed by atoms with Crippen LogP contribution in [0.3, 0.4) is 0 Å². The van der Waals surface area contributed by atoms with Crippen molar-refractivity contribution in [2.24, 2.45) is 21.7 Å². The normalized spacial score (nSPS) is 17.7. The molecule has 0 aromatic rings. The molecule has 1 heterocycles. The summed E-state index contributed by atoms with van der Waals surface area (Å²) in [5.41, 5.74) is 22.5. The number of hydrogen-bond acceptors (Lipinski definition) is 13. The summed E-state index contributed by atoms with van der Waals surface area (Å²) in [5, 5.41) is 0. The number of nitrogens with zero attached hydrogens (tertiary/aromatic N) is 5. The monoisotopic (exact) mass is 1990 g/mol. The van der Waals surface area contributed by atoms with Crippen molar-refractivity contribution in [2.75, 3.05) is 128 Å². The van der Waals surface area contributed by atoms with E-state index < -0.39 is 0 Å². The molecular weight excluding hydrogens is 1770 g/mol. The second kappa shape index (κ2) is 83.8. The maximum absolute atomic E-state index is 12.1. The zero-order valence-electron chi connectivity index (χ0n) is 93.9. The van der Waals surface area contributed by atoms with Crippen molar-refractivity contribution in [3.63, 3.8) is 0 Å². The summed E-state index contributed by atoms with van der Waals surface area (Å²) in [6.45, 7) is 54.2. The van der Waals surface area contributed by atoms with Gasteiger partial charge in [-0.25, -0.2) is 0 Å². The Morgan fingerprint density at radius 2 is 0.549 bits per heavy atom. The Morgan fingerprint density at radius 3 is 0.826 bits per heavy atom. The molecular formula is C131H223N5O8. The van der Waals surface area contributed by atoms with Crippen LogP contribution in [0.2, 0.25) is 0 Å². The first-order valence-corrected chi connectivity index (χ1v) is 53.9. The first-order valence-electron chi connectivity index (χ1n) is 53.9. The molecule has 0 amide bonds. The van der Waals surface area contributed by atoms with Crippen LogP contribution in [0.15, 0.2) is 259 Å². The molecule has 0 N–H and O–H groups in total. The van der Waals surface area contributed by atoms with E-state index in [1.54, 1.807) is 0 Å². The fraction of sp³-hybridized carbons (Fsp3) is 0.634. The predicted molar refractivity (Wildman–Crippen MR) is 636 cm³/mol. The zero-order valence-corrected chi connectivity index (χ0v) is 93.9. The minimum atomic E-state index is -0.129. The molecule has 1 aliphatic heterocycles. The lowest BCUT2D eigenvalue weighted by Crippen LogP contribution is -2.45. The van der Waals surface area contributed by atoms with E-state index in [0.717, 1.165) is 107 Å². The largest absolute Gasteiger partial charge is 0.461 e. The molecule has 13 heteroatoms. The molecule has 1 fully saturated rings. The van der Waals surface area contributed by atoms with Gasteiger partial charge >= 0.3 is 23.9 Å². The maximum atomic E-state index is 12.1. The average molecular weight is 2000 g/mol. The Balaban J connectivity index is -0.000000904. The van der Waals surface area contributed by atoms with Crippen LogP contribution >= 0.6 is 0 Å². The van der Waals surface area contributed by atoms with E-state index in [9.17, 15) is 19.2 Å². The Labute approximate surface area is 890 Å². The molecule has 0 spiro atoms. The molecule has 0 aromatic heterocycles. The van der Waals surface area contributed by atoms with Crippen molar-refractivity contribution >= 4 is 23.9 Å². The third-order valence-electron chi connectivity index (χ3n) is 27.2. The summed E-state index contributed by atoms with van der Waals surface area (Å²) in [6.07, 6.45) is 99.5. The second-order valence-electron chi connectivity index (χ2n) is 43.6. The van der Waals surface area contributed by atoms with Crippen molar-refractivity contribution in [2.45, 2.75) is 400 Å². The summed E-state index contributed by atoms with van der Waals surface area (Å²) in [6, 6.07) is 0. The molecule has 0 radical (unpaired) electrons. The molecule has 0 bridgehead atoms. The summed E-state index contributed by atoms with van der Waals surface area (Å²) in [5.74, 6) is -0.421. The van der Waals surface area contributed by atoms with Gasteiger partial charge in [0.15, 0.2) is 0 Å². The standard InChI is InChI=1S/C39H63NO2.C33H55NO2.C28H44N2O2.C26H41NO2.5CH4/c1-34(28-29-37-36(3)26-23-31-39(37,4)5)24-22-25-35(2)30-33-42-38(41)27-20-18-16-14-12-10-8-9-11-13-15-17-19-21-32-40(6)7;1-28(22-23-31-30(3)20-17-25-33(31,4)5)18-16-19-29(2)24-27-36-32(35)21-14-12-10-8-9-11-13-15-26-34(6)7;1-23(12-13-26-25(3)11-8-16-28(26,4)5)9-7-10-24(2)15-22-32-27(31)14-17-30-20-18-29(6)19-21-30;1-21(15-16-24-23(3)13-9-18-26(24,4)5)11-8-12-22(2)17-20-29-25(28)14-10-19-27(6)7;;;;;/h8,10-11,13,22,24-25,28-30H,9,12,14-21,23,26-27,31-33H2,1-7H3;16,18-19,22-24H,8-15,17,20-21,25-27H2,1-7H3;7,9-10,12-13,15H,8,11,14,16-22H2,1-6H3;8,11-12,15-17H,9-10,13-14,18-20H2,1-7H3;5*1H4/b10-8-,13-11-,25-22+,29-28+,34-24+,35-30+;19-16+,23-22+,28-18+,29-24+;10-7+,13-12+,23-9+,24-15+;12-8+,16-15+,21-11+,22-17+;;;;;. The van der Waals surface area contributed by atoms with Gasteiger partial charge < -0.3 is 43.4 Å². The quantitative estimate of drug-likeness (QED) is 0.0189. The van der Waals surface area contributed by atoms with Crippen molar-refractivity contribution in [1.29, 1.82) is 0 Å². The Kier molecular flexibility index (Phi) is 82.8. The van der Waals surface area contributed by atoms with E-state index >= 15 is 0 Å². The van der Waals surface area contributed by atoms with Crippen LogP contribution in [0, 0.1) is 21.7 Å². The van der Waals surface area contributed by atoms with Crippen LogP contribution in [0.1, 0.15) is 400 Å². The highest BCUT2D eigenvalue weighted by Gasteiger charge is 2.30. The van der Waals surface area contributed by atoms with Gasteiger partial charge in [0, 0.05) is 52.0 Å². The second-order valence-corrected chi connectivity index (χ2v) is 43.6. The lowest BCUT2D eigenvalue weighted by atomic mass is 9.72. The Hall–Kier alpha value is -8.04. The van der Waals surface area contributed by atoms with Crippen LogP contribution in [0.25, 0.3) is 0 Å². The summed E-state index contributed by atoms with van der Waals surface area (Å²) < 4.78 is 21.4. The van der Waals surface area contributed by atoms with Gasteiger partial charge in [0.25, 0.3) is 0 Å². The first kappa shape index (κ1) is 142. The van der Waals surface area contributed by atoms with Crippen LogP contribution < -0.4 is 0 Å². The number of unbranched alkanes of at least 4 members (excludes halogenated alkanes) is 14. The lowest BCUT2D eigenvalue weighted by Gasteiger charge is -2.33. The fourth-order valence-electron chi connectivity index (χ4n) is 18.0. The molecule has 1 saturated heterocycles. The van der Waals surface area contributed by atoms with E-state index in [2.05, 4.69) is 310 Å². The third-order valence-corrected chi connectivity index (χ3v) is 27.2. The number of ether oxygens (including phenoxy) is 4. The van der Waals surface area contributed by atoms with Gasteiger partial charge in [-0.2, -0.15) is 0 Å². The smallest absolute Gasteiger partial charge is 0.307 e. The number of carbonyl (C=O) groups excluding carboxylic acids is 4. The molecule has 5 aliphatic rings. The molecule has 820 valence electrons. The molecule has 13 nitrogen and oxygen atoms in total. The van der Waals surface area contributed by atoms with Crippen LogP contribution in [0.5, 0.6) is 0 Å². The highest BCUT2D eigenvalue weighted by Crippen LogP contribution is 2.44. The molecule has 5 rings (SSSR count). The number of piperazine rings is 1. The van der Waals surface area contributed by atoms with Crippen molar-refractivity contribution < 1.29 is 38.1 Å². The zero-order chi connectivity index (χ0) is 103. The van der Waals surface area contributed by atoms with E-state index in [4.69, 9.17) is 18.9 Å². The molecule has 0 aromatic carbocycles. The number of hydrogen-bond donors (Lipinski definition) is 0. The van der Waals surface area contributed by atoms with Gasteiger partial charge in [0.05, 0.1) is 6.42 Å². The number of carbonyl (C=O) groups is 4. The fourth-order valence-corrected chi connectivity index (χ4v) is 18.0. The number of allylic oxidation sites excluding steroid dienone is 40. The van der Waals surface area contributed by atoms with Gasteiger partial charge in [-0.15, -0.1) is 0 Å². The minimum absolute atomic E-state index is 0. The summed E-state index contributed by atoms with van der Waals surface area (Å²) in [7, 11) is 14.7. The van der Waals surface area contributed by atoms with E-state index in [0.29, 0.717) is 52.1 Å². The van der Waals surface area contributed by atoms with Crippen LogP contribution in [0.4, 0.5) is 0 Å². The van der Waals surface area contributed by atoms with Crippen LogP contribution in [-0.2, 0) is 38.1 Å². The number of likely N-dealkylation sites (N-methyl/N-ethyl adjacent to an activating group) is 1. The van der Waals surface area contributed by atoms with Crippen LogP contribution in [-0.4, -0.2) is 176 Å². The van der Waals surface area contributed by atoms with Crippen molar-refractivity contribution in [1.82, 2.24) is 24.5 Å². The van der Waals surface area contributed by atoms with Gasteiger partial charge in [0.2, 0.25) is 0 Å². The van der Waals surface area contributed by atoms with Gasteiger partial charge in [-0.1, -0.05) is 363 Å². The number of rotatable bonds is 57. The highest BCUT2D eigenvalue weighted by atomic mass is 16.5. The topological polar surface area (TPSA) is 121 Å². The SMILES string of the molecule is C.C.C.C.C.CC1=C(/C=C/C(C)=C/C=C/C(C)=C/COC(=O)CCCCCC/C=C\C/C=C\CCCCCN(C)C)C(C)(C)CCC1.CC1=C(/C=C/C(C)=C/C=C/C(C)=C/COC(=O)CCCCCCCCCCN(C)C)C(C)(C)CCC1.CC1=C(/C=C/C(C)=C/C=C/C(C)=C/COC(=O)CCCN(C)C)C(C)(C)CCC1.CC1=C(/C=C/C(C)=C/C=C/C(C)=C/COC(=O)CCN2CCN(C)CC2)C(C)(C)CCC1.